The van der Waals surface area contributed by atoms with Crippen molar-refractivity contribution in [1.29, 1.82) is 0 Å². The molecule has 0 aliphatic carbocycles. The van der Waals surface area contributed by atoms with E-state index < -0.39 is 12.1 Å². The van der Waals surface area contributed by atoms with Gasteiger partial charge >= 0.3 is 12.1 Å². The van der Waals surface area contributed by atoms with E-state index in [0.29, 0.717) is 43.8 Å². The van der Waals surface area contributed by atoms with Gasteiger partial charge in [0.05, 0.1) is 0 Å². The molecule has 0 radical (unpaired) electrons. The van der Waals surface area contributed by atoms with Crippen molar-refractivity contribution in [3.8, 4) is 0 Å². The molecular weight excluding hydrogens is 371 g/mol. The maximum absolute atomic E-state index is 12.4. The van der Waals surface area contributed by atoms with Gasteiger partial charge < -0.3 is 15.5 Å². The number of hydrogen-bond acceptors (Lipinski definition) is 3. The molecule has 0 aromatic carbocycles. The summed E-state index contributed by atoms with van der Waals surface area (Å²) >= 11 is 0. The predicted octanol–water partition coefficient (Wildman–Crippen LogP) is 2.25. The summed E-state index contributed by atoms with van der Waals surface area (Å²) in [5.74, 6) is -1.13. The van der Waals surface area contributed by atoms with Crippen molar-refractivity contribution in [2.24, 2.45) is 11.8 Å². The van der Waals surface area contributed by atoms with Crippen LogP contribution >= 0.6 is 12.4 Å². The highest BCUT2D eigenvalue weighted by atomic mass is 35.5. The Bertz CT molecular complexity index is 498. The van der Waals surface area contributed by atoms with Gasteiger partial charge in [0.1, 0.15) is 0 Å². The number of piperidine rings is 2. The first-order valence-electron chi connectivity index (χ1n) is 9.20. The van der Waals surface area contributed by atoms with Crippen molar-refractivity contribution >= 4 is 24.2 Å². The summed E-state index contributed by atoms with van der Waals surface area (Å²) < 4.78 is 37.2. The second-order valence-electron chi connectivity index (χ2n) is 7.72. The molecule has 2 N–H and O–H groups in total. The number of hydrogen-bond donors (Lipinski definition) is 2. The molecule has 2 bridgehead atoms. The molecule has 2 atom stereocenters. The first kappa shape index (κ1) is 21.3. The van der Waals surface area contributed by atoms with Gasteiger partial charge in [0.25, 0.3) is 0 Å². The lowest BCUT2D eigenvalue weighted by Crippen LogP contribution is -2.46. The molecule has 0 aromatic rings. The van der Waals surface area contributed by atoms with Crippen LogP contribution in [0, 0.1) is 11.8 Å². The summed E-state index contributed by atoms with van der Waals surface area (Å²) in [6, 6.07) is 1.12. The van der Waals surface area contributed by atoms with Crippen molar-refractivity contribution in [1.82, 2.24) is 15.5 Å². The van der Waals surface area contributed by atoms with Crippen LogP contribution in [0.2, 0.25) is 0 Å². The standard InChI is InChI=1S/C17H26F3N3O2.ClH/c18-17(19,20)16(25)23-5-3-11(4-6-23)10-21-15(24)9-12-7-13-1-2-14(8-12)22-13;/h11-14,22H,1-10H2,(H,21,24);1H. The molecule has 9 heteroatoms. The first-order chi connectivity index (χ1) is 11.8. The first-order valence-corrected chi connectivity index (χ1v) is 9.20. The lowest BCUT2D eigenvalue weighted by atomic mass is 9.89. The van der Waals surface area contributed by atoms with Crippen molar-refractivity contribution < 1.29 is 22.8 Å². The van der Waals surface area contributed by atoms with E-state index in [2.05, 4.69) is 10.6 Å². The molecule has 0 aromatic heterocycles. The van der Waals surface area contributed by atoms with E-state index in [1.54, 1.807) is 0 Å². The molecule has 3 fully saturated rings. The average Bonchev–Trinajstić information content (AvgIpc) is 2.90. The minimum absolute atomic E-state index is 0. The number of amides is 2. The van der Waals surface area contributed by atoms with Gasteiger partial charge in [-0.1, -0.05) is 0 Å². The molecule has 3 rings (SSSR count). The number of rotatable bonds is 4. The third-order valence-electron chi connectivity index (χ3n) is 5.78. The van der Waals surface area contributed by atoms with E-state index in [9.17, 15) is 22.8 Å². The normalized spacial score (nSPS) is 29.2. The third-order valence-corrected chi connectivity index (χ3v) is 5.78. The summed E-state index contributed by atoms with van der Waals surface area (Å²) in [6.45, 7) is 0.706. The summed E-state index contributed by atoms with van der Waals surface area (Å²) in [5, 5.41) is 6.50. The molecule has 0 spiro atoms. The summed E-state index contributed by atoms with van der Waals surface area (Å²) in [7, 11) is 0. The molecule has 3 heterocycles. The molecular formula is C17H27ClF3N3O2. The molecule has 3 saturated heterocycles. The minimum Gasteiger partial charge on any atom is -0.356 e. The molecule has 2 unspecified atom stereocenters. The van der Waals surface area contributed by atoms with Gasteiger partial charge in [0, 0.05) is 38.1 Å². The van der Waals surface area contributed by atoms with Gasteiger partial charge in [-0.25, -0.2) is 0 Å². The molecule has 2 amide bonds. The van der Waals surface area contributed by atoms with Crippen LogP contribution in [0.25, 0.3) is 0 Å². The number of fused-ring (bicyclic) bond motifs is 2. The van der Waals surface area contributed by atoms with Crippen molar-refractivity contribution in [2.45, 2.75) is 63.2 Å². The maximum Gasteiger partial charge on any atom is 0.471 e. The molecule has 0 saturated carbocycles. The van der Waals surface area contributed by atoms with Crippen molar-refractivity contribution in [3.05, 3.63) is 0 Å². The lowest BCUT2D eigenvalue weighted by molar-refractivity contribution is -0.186. The summed E-state index contributed by atoms with van der Waals surface area (Å²) in [4.78, 5) is 24.2. The molecule has 150 valence electrons. The Morgan fingerprint density at radius 1 is 1.00 bits per heavy atom. The molecule has 26 heavy (non-hydrogen) atoms. The van der Waals surface area contributed by atoms with Crippen LogP contribution in [0.1, 0.15) is 44.9 Å². The Hall–Kier alpha value is -1.02. The van der Waals surface area contributed by atoms with Gasteiger partial charge in [-0.15, -0.1) is 12.4 Å². The number of carbonyl (C=O) groups is 2. The highest BCUT2D eigenvalue weighted by molar-refractivity contribution is 5.85. The van der Waals surface area contributed by atoms with E-state index in [4.69, 9.17) is 0 Å². The largest absolute Gasteiger partial charge is 0.471 e. The number of likely N-dealkylation sites (tertiary alicyclic amines) is 1. The zero-order valence-corrected chi connectivity index (χ0v) is 15.5. The summed E-state index contributed by atoms with van der Waals surface area (Å²) in [5.41, 5.74) is 0. The van der Waals surface area contributed by atoms with Crippen molar-refractivity contribution in [2.75, 3.05) is 19.6 Å². The highest BCUT2D eigenvalue weighted by Crippen LogP contribution is 2.32. The van der Waals surface area contributed by atoms with Gasteiger partial charge in [-0.05, 0) is 50.4 Å². The average molecular weight is 398 g/mol. The molecule has 5 nitrogen and oxygen atoms in total. The maximum atomic E-state index is 12.4. The van der Waals surface area contributed by atoms with Crippen LogP contribution in [-0.4, -0.2) is 54.6 Å². The minimum atomic E-state index is -4.80. The SMILES string of the molecule is Cl.O=C(CC1CC2CCC(C1)N2)NCC1CCN(C(=O)C(F)(F)F)CC1. The van der Waals surface area contributed by atoms with E-state index in [0.717, 1.165) is 17.7 Å². The topological polar surface area (TPSA) is 61.4 Å². The Balaban J connectivity index is 0.00000243. The van der Waals surface area contributed by atoms with Gasteiger partial charge in [-0.2, -0.15) is 13.2 Å². The fourth-order valence-electron chi connectivity index (χ4n) is 4.45. The second-order valence-corrected chi connectivity index (χ2v) is 7.72. The second kappa shape index (κ2) is 8.78. The van der Waals surface area contributed by atoms with Gasteiger partial charge in [-0.3, -0.25) is 9.59 Å². The number of nitrogens with one attached hydrogen (secondary N) is 2. The van der Waals surface area contributed by atoms with Crippen LogP contribution in [0.15, 0.2) is 0 Å². The lowest BCUT2D eigenvalue weighted by Gasteiger charge is -2.32. The van der Waals surface area contributed by atoms with Gasteiger partial charge in [0.2, 0.25) is 5.91 Å². The Kier molecular flexibility index (Phi) is 7.19. The number of carbonyl (C=O) groups excluding carboxylic acids is 2. The Labute approximate surface area is 157 Å². The highest BCUT2D eigenvalue weighted by Gasteiger charge is 2.43. The molecule has 3 aliphatic rings. The van der Waals surface area contributed by atoms with E-state index in [-0.39, 0.29) is 37.3 Å². The number of nitrogens with zero attached hydrogens (tertiary/aromatic N) is 1. The van der Waals surface area contributed by atoms with Crippen LogP contribution < -0.4 is 10.6 Å². The van der Waals surface area contributed by atoms with Crippen LogP contribution in [0.5, 0.6) is 0 Å². The fourth-order valence-corrected chi connectivity index (χ4v) is 4.45. The van der Waals surface area contributed by atoms with Crippen molar-refractivity contribution in [3.63, 3.8) is 0 Å². The van der Waals surface area contributed by atoms with E-state index >= 15 is 0 Å². The summed E-state index contributed by atoms with van der Waals surface area (Å²) in [6.07, 6.45) is 1.27. The fraction of sp³-hybridized carbons (Fsp3) is 0.882. The Morgan fingerprint density at radius 3 is 2.12 bits per heavy atom. The van der Waals surface area contributed by atoms with Crippen LogP contribution in [0.3, 0.4) is 0 Å². The third kappa shape index (κ3) is 5.49. The van der Waals surface area contributed by atoms with Gasteiger partial charge in [0.15, 0.2) is 0 Å². The smallest absolute Gasteiger partial charge is 0.356 e. The predicted molar refractivity (Wildman–Crippen MR) is 92.9 cm³/mol. The zero-order valence-electron chi connectivity index (χ0n) is 14.7. The quantitative estimate of drug-likeness (QED) is 0.764. The van der Waals surface area contributed by atoms with Crippen LogP contribution in [0.4, 0.5) is 13.2 Å². The monoisotopic (exact) mass is 397 g/mol. The molecule has 3 aliphatic heterocycles. The number of halogens is 4. The van der Waals surface area contributed by atoms with E-state index in [1.165, 1.54) is 12.8 Å². The Morgan fingerprint density at radius 2 is 1.58 bits per heavy atom. The zero-order chi connectivity index (χ0) is 18.0. The number of alkyl halides is 3. The van der Waals surface area contributed by atoms with E-state index in [1.807, 2.05) is 0 Å². The van der Waals surface area contributed by atoms with Crippen LogP contribution in [-0.2, 0) is 9.59 Å².